The second-order valence-corrected chi connectivity index (χ2v) is 8.76. The minimum atomic E-state index is -1.14. The van der Waals surface area contributed by atoms with Crippen LogP contribution in [0.4, 0.5) is 0 Å². The van der Waals surface area contributed by atoms with Crippen molar-refractivity contribution < 1.29 is 23.9 Å². The first-order chi connectivity index (χ1) is 18.4. The average Bonchev–Trinajstić information content (AvgIpc) is 2.92. The molecule has 10 heteroatoms. The normalized spacial score (nSPS) is 11.3. The highest BCUT2D eigenvalue weighted by Gasteiger charge is 2.21. The molecule has 2 amide bonds. The van der Waals surface area contributed by atoms with Crippen LogP contribution in [0.5, 0.6) is 0 Å². The monoisotopic (exact) mass is 525 g/mol. The van der Waals surface area contributed by atoms with Crippen molar-refractivity contribution in [3.8, 4) is 0 Å². The predicted molar refractivity (Wildman–Crippen MR) is 145 cm³/mol. The zero-order chi connectivity index (χ0) is 27.4. The molecule has 2 rings (SSSR count). The highest BCUT2D eigenvalue weighted by Crippen LogP contribution is 2.06. The number of unbranched alkanes of at least 4 members (excludes halogenated alkanes) is 3. The lowest BCUT2D eigenvalue weighted by Gasteiger charge is -2.19. The van der Waals surface area contributed by atoms with Crippen LogP contribution in [-0.2, 0) is 37.1 Å². The van der Waals surface area contributed by atoms with Crippen molar-refractivity contribution in [3.05, 3.63) is 71.8 Å². The van der Waals surface area contributed by atoms with Crippen molar-refractivity contribution in [2.75, 3.05) is 13.1 Å². The third-order valence-corrected chi connectivity index (χ3v) is 5.50. The van der Waals surface area contributed by atoms with Crippen molar-refractivity contribution >= 4 is 23.7 Å². The van der Waals surface area contributed by atoms with Gasteiger partial charge in [0.05, 0.1) is 6.61 Å². The van der Waals surface area contributed by atoms with Crippen molar-refractivity contribution in [3.63, 3.8) is 0 Å². The molecule has 0 aromatic heterocycles. The number of benzene rings is 2. The summed E-state index contributed by atoms with van der Waals surface area (Å²) in [7, 11) is 0. The van der Waals surface area contributed by atoms with Gasteiger partial charge in [0.25, 0.3) is 5.91 Å². The van der Waals surface area contributed by atoms with Gasteiger partial charge in [-0.25, -0.2) is 0 Å². The van der Waals surface area contributed by atoms with Gasteiger partial charge in [-0.3, -0.25) is 19.4 Å². The van der Waals surface area contributed by atoms with E-state index >= 15 is 0 Å². The number of esters is 1. The van der Waals surface area contributed by atoms with Crippen LogP contribution in [-0.4, -0.2) is 43.1 Å². The van der Waals surface area contributed by atoms with Gasteiger partial charge in [0.15, 0.2) is 5.96 Å². The molecule has 0 spiro atoms. The van der Waals surface area contributed by atoms with Crippen LogP contribution in [0.25, 0.3) is 0 Å². The molecule has 38 heavy (non-hydrogen) atoms. The lowest BCUT2D eigenvalue weighted by Crippen LogP contribution is -2.48. The van der Waals surface area contributed by atoms with Crippen LogP contribution in [0.2, 0.25) is 0 Å². The van der Waals surface area contributed by atoms with E-state index in [0.29, 0.717) is 19.4 Å². The second kappa shape index (κ2) is 18.3. The first-order valence-electron chi connectivity index (χ1n) is 12.9. The summed E-state index contributed by atoms with van der Waals surface area (Å²) in [6.07, 6.45) is 2.94. The minimum Gasteiger partial charge on any atom is -0.461 e. The molecule has 206 valence electrons. The first kappa shape index (κ1) is 30.3. The number of hydrogen-bond donors (Lipinski definition) is 4. The Hall–Kier alpha value is -3.92. The molecule has 2 aromatic rings. The maximum atomic E-state index is 12.8. The maximum absolute atomic E-state index is 12.8. The van der Waals surface area contributed by atoms with Crippen molar-refractivity contribution in [1.82, 2.24) is 10.6 Å². The zero-order valence-electron chi connectivity index (χ0n) is 21.8. The van der Waals surface area contributed by atoms with E-state index in [4.69, 9.17) is 20.9 Å². The van der Waals surface area contributed by atoms with Crippen LogP contribution in [0.15, 0.2) is 65.7 Å². The largest absolute Gasteiger partial charge is 0.461 e. The molecule has 1 atom stereocenters. The number of hydrogen-bond acceptors (Lipinski definition) is 6. The molecule has 0 saturated heterocycles. The highest BCUT2D eigenvalue weighted by atomic mass is 16.5. The quantitative estimate of drug-likeness (QED) is 0.0765. The highest BCUT2D eigenvalue weighted by molar-refractivity contribution is 5.86. The van der Waals surface area contributed by atoms with Crippen LogP contribution in [0.1, 0.15) is 56.1 Å². The lowest BCUT2D eigenvalue weighted by molar-refractivity contribution is -0.145. The number of nitrogens with zero attached hydrogens (tertiary/aromatic N) is 1. The SMILES string of the molecule is NC(N)=NCCCCCCC(=O)NC(OCc1ccccc1)C(=O)NCCCC(=O)OCc1ccccc1. The summed E-state index contributed by atoms with van der Waals surface area (Å²) < 4.78 is 11.0. The van der Waals surface area contributed by atoms with E-state index in [2.05, 4.69) is 15.6 Å². The molecule has 0 heterocycles. The van der Waals surface area contributed by atoms with E-state index in [-0.39, 0.29) is 50.4 Å². The number of carbonyl (C=O) groups excluding carboxylic acids is 3. The molecule has 0 fully saturated rings. The van der Waals surface area contributed by atoms with E-state index in [9.17, 15) is 14.4 Å². The second-order valence-electron chi connectivity index (χ2n) is 8.76. The van der Waals surface area contributed by atoms with Gasteiger partial charge in [-0.05, 0) is 30.4 Å². The number of ether oxygens (including phenoxy) is 2. The van der Waals surface area contributed by atoms with Gasteiger partial charge in [0.2, 0.25) is 12.1 Å². The Morgan fingerprint density at radius 3 is 2.08 bits per heavy atom. The molecule has 1 unspecified atom stereocenters. The number of amides is 2. The fourth-order valence-corrected chi connectivity index (χ4v) is 3.46. The Labute approximate surface area is 224 Å². The third kappa shape index (κ3) is 14.0. The molecule has 0 aliphatic rings. The number of rotatable bonds is 18. The molecule has 10 nitrogen and oxygen atoms in total. The van der Waals surface area contributed by atoms with Gasteiger partial charge in [-0.15, -0.1) is 0 Å². The van der Waals surface area contributed by atoms with Crippen LogP contribution < -0.4 is 22.1 Å². The summed E-state index contributed by atoms with van der Waals surface area (Å²) in [6.45, 7) is 1.19. The zero-order valence-corrected chi connectivity index (χ0v) is 21.8. The fraction of sp³-hybridized carbons (Fsp3) is 0.429. The molecule has 0 aliphatic carbocycles. The summed E-state index contributed by atoms with van der Waals surface area (Å²) >= 11 is 0. The average molecular weight is 526 g/mol. The van der Waals surface area contributed by atoms with Crippen molar-refractivity contribution in [2.45, 2.75) is 64.4 Å². The minimum absolute atomic E-state index is 0.0761. The first-order valence-corrected chi connectivity index (χ1v) is 12.9. The molecule has 0 aliphatic heterocycles. The lowest BCUT2D eigenvalue weighted by atomic mass is 10.1. The Morgan fingerprint density at radius 2 is 1.42 bits per heavy atom. The van der Waals surface area contributed by atoms with E-state index in [1.165, 1.54) is 0 Å². The molecule has 0 radical (unpaired) electrons. The van der Waals surface area contributed by atoms with Gasteiger partial charge >= 0.3 is 5.97 Å². The van der Waals surface area contributed by atoms with Gasteiger partial charge in [0, 0.05) is 25.9 Å². The number of nitrogens with one attached hydrogen (secondary N) is 2. The summed E-state index contributed by atoms with van der Waals surface area (Å²) in [5.74, 6) is -1.00. The van der Waals surface area contributed by atoms with Gasteiger partial charge in [-0.2, -0.15) is 0 Å². The molecular formula is C28H39N5O5. The molecule has 6 N–H and O–H groups in total. The summed E-state index contributed by atoms with van der Waals surface area (Å²) in [6, 6.07) is 18.8. The standard InChI is InChI=1S/C28H39N5O5/c29-28(30)32-18-10-2-1-9-16-24(34)33-27(38-21-23-14-7-4-8-15-23)26(36)31-19-11-17-25(35)37-20-22-12-5-3-6-13-22/h3-8,12-15,27H,1-2,9-11,16-21H2,(H,31,36)(H,33,34)(H4,29,30,32). The summed E-state index contributed by atoms with van der Waals surface area (Å²) in [4.78, 5) is 41.1. The van der Waals surface area contributed by atoms with Gasteiger partial charge in [-0.1, -0.05) is 73.5 Å². The van der Waals surface area contributed by atoms with Gasteiger partial charge in [0.1, 0.15) is 6.61 Å². The number of nitrogens with two attached hydrogens (primary N) is 2. The number of carbonyl (C=O) groups is 3. The van der Waals surface area contributed by atoms with E-state index in [0.717, 1.165) is 30.4 Å². The Bertz CT molecular complexity index is 997. The maximum Gasteiger partial charge on any atom is 0.306 e. The van der Waals surface area contributed by atoms with Crippen LogP contribution >= 0.6 is 0 Å². The van der Waals surface area contributed by atoms with E-state index < -0.39 is 12.1 Å². The third-order valence-electron chi connectivity index (χ3n) is 5.50. The summed E-state index contributed by atoms with van der Waals surface area (Å²) in [5.41, 5.74) is 12.4. The Balaban J connectivity index is 1.73. The molecule has 2 aromatic carbocycles. The van der Waals surface area contributed by atoms with Crippen LogP contribution in [0, 0.1) is 0 Å². The number of aliphatic imine (C=N–C) groups is 1. The smallest absolute Gasteiger partial charge is 0.306 e. The van der Waals surface area contributed by atoms with Crippen LogP contribution in [0.3, 0.4) is 0 Å². The Morgan fingerprint density at radius 1 is 0.789 bits per heavy atom. The molecular weight excluding hydrogens is 486 g/mol. The van der Waals surface area contributed by atoms with E-state index in [1.807, 2.05) is 60.7 Å². The number of guanidine groups is 1. The van der Waals surface area contributed by atoms with Crippen molar-refractivity contribution in [2.24, 2.45) is 16.5 Å². The molecule has 0 saturated carbocycles. The predicted octanol–water partition coefficient (Wildman–Crippen LogP) is 2.51. The Kier molecular flexibility index (Phi) is 14.6. The van der Waals surface area contributed by atoms with Gasteiger partial charge < -0.3 is 31.6 Å². The topological polar surface area (TPSA) is 158 Å². The van der Waals surface area contributed by atoms with Crippen molar-refractivity contribution in [1.29, 1.82) is 0 Å². The molecule has 0 bridgehead atoms. The fourth-order valence-electron chi connectivity index (χ4n) is 3.46. The summed E-state index contributed by atoms with van der Waals surface area (Å²) in [5, 5.41) is 5.41. The van der Waals surface area contributed by atoms with E-state index in [1.54, 1.807) is 0 Å².